The number of hydrogen-bond acceptors (Lipinski definition) is 3. The second kappa shape index (κ2) is 6.16. The molecule has 1 atom stereocenters. The summed E-state index contributed by atoms with van der Waals surface area (Å²) in [6.07, 6.45) is 3.77. The summed E-state index contributed by atoms with van der Waals surface area (Å²) < 4.78 is 0. The Morgan fingerprint density at radius 3 is 2.65 bits per heavy atom. The Balaban J connectivity index is 1.77. The molecular formula is C17H21N3. The van der Waals surface area contributed by atoms with E-state index in [2.05, 4.69) is 58.5 Å². The van der Waals surface area contributed by atoms with E-state index >= 15 is 0 Å². The minimum atomic E-state index is 0.438. The Morgan fingerprint density at radius 1 is 1.15 bits per heavy atom. The van der Waals surface area contributed by atoms with Crippen molar-refractivity contribution in [3.63, 3.8) is 0 Å². The van der Waals surface area contributed by atoms with Crippen LogP contribution in [-0.4, -0.2) is 29.5 Å². The zero-order chi connectivity index (χ0) is 13.8. The zero-order valence-corrected chi connectivity index (χ0v) is 11.9. The van der Waals surface area contributed by atoms with Gasteiger partial charge in [-0.05, 0) is 30.2 Å². The molecule has 0 bridgehead atoms. The molecule has 104 valence electrons. The van der Waals surface area contributed by atoms with Crippen molar-refractivity contribution >= 4 is 0 Å². The molecule has 2 aromatic rings. The number of benzene rings is 1. The highest BCUT2D eigenvalue weighted by Crippen LogP contribution is 2.23. The fraction of sp³-hybridized carbons (Fsp3) is 0.353. The van der Waals surface area contributed by atoms with Crippen LogP contribution < -0.4 is 5.32 Å². The predicted octanol–water partition coefficient (Wildman–Crippen LogP) is 2.54. The third kappa shape index (κ3) is 3.06. The fourth-order valence-electron chi connectivity index (χ4n) is 2.78. The van der Waals surface area contributed by atoms with Gasteiger partial charge in [-0.2, -0.15) is 0 Å². The van der Waals surface area contributed by atoms with Crippen molar-refractivity contribution in [1.29, 1.82) is 0 Å². The van der Waals surface area contributed by atoms with Gasteiger partial charge in [0.15, 0.2) is 0 Å². The fourth-order valence-corrected chi connectivity index (χ4v) is 2.78. The summed E-state index contributed by atoms with van der Waals surface area (Å²) in [4.78, 5) is 6.67. The Bertz CT molecular complexity index is 536. The lowest BCUT2D eigenvalue weighted by Crippen LogP contribution is -2.45. The van der Waals surface area contributed by atoms with E-state index in [0.717, 1.165) is 26.2 Å². The summed E-state index contributed by atoms with van der Waals surface area (Å²) in [7, 11) is 0. The summed E-state index contributed by atoms with van der Waals surface area (Å²) in [5.74, 6) is 0. The molecular weight excluding hydrogens is 246 g/mol. The van der Waals surface area contributed by atoms with E-state index in [9.17, 15) is 0 Å². The maximum atomic E-state index is 4.12. The van der Waals surface area contributed by atoms with E-state index in [1.54, 1.807) is 0 Å². The van der Waals surface area contributed by atoms with Crippen LogP contribution in [0.3, 0.4) is 0 Å². The highest BCUT2D eigenvalue weighted by Gasteiger charge is 2.23. The SMILES string of the molecule is Cc1ccc(CN2CCNCC2c2ccncc2)cc1. The molecule has 3 heteroatoms. The highest BCUT2D eigenvalue weighted by atomic mass is 15.2. The van der Waals surface area contributed by atoms with Gasteiger partial charge in [-0.15, -0.1) is 0 Å². The first-order valence-corrected chi connectivity index (χ1v) is 7.23. The molecule has 1 aromatic heterocycles. The van der Waals surface area contributed by atoms with Gasteiger partial charge < -0.3 is 5.32 Å². The van der Waals surface area contributed by atoms with Crippen molar-refractivity contribution in [2.45, 2.75) is 19.5 Å². The van der Waals surface area contributed by atoms with Gasteiger partial charge in [-0.3, -0.25) is 9.88 Å². The average molecular weight is 267 g/mol. The third-order valence-corrected chi connectivity index (χ3v) is 3.95. The summed E-state index contributed by atoms with van der Waals surface area (Å²) in [5, 5.41) is 3.50. The average Bonchev–Trinajstić information content (AvgIpc) is 2.51. The molecule has 3 rings (SSSR count). The minimum absolute atomic E-state index is 0.438. The predicted molar refractivity (Wildman–Crippen MR) is 81.4 cm³/mol. The van der Waals surface area contributed by atoms with Crippen LogP contribution in [0, 0.1) is 6.92 Å². The lowest BCUT2D eigenvalue weighted by molar-refractivity contribution is 0.153. The van der Waals surface area contributed by atoms with Gasteiger partial charge in [0, 0.05) is 44.6 Å². The lowest BCUT2D eigenvalue weighted by Gasteiger charge is -2.36. The maximum Gasteiger partial charge on any atom is 0.0477 e. The minimum Gasteiger partial charge on any atom is -0.314 e. The Labute approximate surface area is 120 Å². The largest absolute Gasteiger partial charge is 0.314 e. The first-order chi connectivity index (χ1) is 9.83. The van der Waals surface area contributed by atoms with Crippen molar-refractivity contribution in [1.82, 2.24) is 15.2 Å². The van der Waals surface area contributed by atoms with Gasteiger partial charge in [0.1, 0.15) is 0 Å². The number of aryl methyl sites for hydroxylation is 1. The summed E-state index contributed by atoms with van der Waals surface area (Å²) in [6, 6.07) is 13.5. The normalized spacial score (nSPS) is 19.9. The van der Waals surface area contributed by atoms with E-state index in [1.807, 2.05) is 12.4 Å². The van der Waals surface area contributed by atoms with Crippen LogP contribution in [0.25, 0.3) is 0 Å². The zero-order valence-electron chi connectivity index (χ0n) is 11.9. The molecule has 0 spiro atoms. The molecule has 1 fully saturated rings. The molecule has 1 aromatic carbocycles. The number of aromatic nitrogens is 1. The van der Waals surface area contributed by atoms with Gasteiger partial charge >= 0.3 is 0 Å². The molecule has 0 radical (unpaired) electrons. The van der Waals surface area contributed by atoms with Gasteiger partial charge in [-0.1, -0.05) is 29.8 Å². The Kier molecular flexibility index (Phi) is 4.09. The monoisotopic (exact) mass is 267 g/mol. The second-order valence-electron chi connectivity index (χ2n) is 5.46. The first-order valence-electron chi connectivity index (χ1n) is 7.23. The van der Waals surface area contributed by atoms with Crippen molar-refractivity contribution in [2.24, 2.45) is 0 Å². The summed E-state index contributed by atoms with van der Waals surface area (Å²) >= 11 is 0. The number of rotatable bonds is 3. The highest BCUT2D eigenvalue weighted by molar-refractivity contribution is 5.22. The molecule has 1 unspecified atom stereocenters. The Morgan fingerprint density at radius 2 is 1.90 bits per heavy atom. The van der Waals surface area contributed by atoms with Crippen molar-refractivity contribution in [2.75, 3.05) is 19.6 Å². The van der Waals surface area contributed by atoms with Crippen molar-refractivity contribution < 1.29 is 0 Å². The standard InChI is InChI=1S/C17H21N3/c1-14-2-4-15(5-3-14)13-20-11-10-19-12-17(20)16-6-8-18-9-7-16/h2-9,17,19H,10-13H2,1H3. The molecule has 1 saturated heterocycles. The van der Waals surface area contributed by atoms with E-state index in [4.69, 9.17) is 0 Å². The maximum absolute atomic E-state index is 4.12. The van der Waals surface area contributed by atoms with Crippen LogP contribution in [0.4, 0.5) is 0 Å². The van der Waals surface area contributed by atoms with Crippen molar-refractivity contribution in [3.05, 3.63) is 65.5 Å². The quantitative estimate of drug-likeness (QED) is 0.926. The van der Waals surface area contributed by atoms with Crippen LogP contribution in [0.2, 0.25) is 0 Å². The molecule has 3 nitrogen and oxygen atoms in total. The van der Waals surface area contributed by atoms with Crippen LogP contribution >= 0.6 is 0 Å². The summed E-state index contributed by atoms with van der Waals surface area (Å²) in [5.41, 5.74) is 4.05. The van der Waals surface area contributed by atoms with E-state index in [0.29, 0.717) is 6.04 Å². The van der Waals surface area contributed by atoms with Gasteiger partial charge in [0.05, 0.1) is 0 Å². The molecule has 1 N–H and O–H groups in total. The van der Waals surface area contributed by atoms with Gasteiger partial charge in [-0.25, -0.2) is 0 Å². The topological polar surface area (TPSA) is 28.2 Å². The van der Waals surface area contributed by atoms with Crippen LogP contribution in [0.5, 0.6) is 0 Å². The Hall–Kier alpha value is -1.71. The third-order valence-electron chi connectivity index (χ3n) is 3.95. The molecule has 0 amide bonds. The van der Waals surface area contributed by atoms with E-state index < -0.39 is 0 Å². The number of piperazine rings is 1. The van der Waals surface area contributed by atoms with Crippen LogP contribution in [-0.2, 0) is 6.54 Å². The lowest BCUT2D eigenvalue weighted by atomic mass is 10.0. The van der Waals surface area contributed by atoms with Gasteiger partial charge in [0.25, 0.3) is 0 Å². The second-order valence-corrected chi connectivity index (χ2v) is 5.46. The summed E-state index contributed by atoms with van der Waals surface area (Å²) in [6.45, 7) is 6.30. The molecule has 1 aliphatic heterocycles. The molecule has 20 heavy (non-hydrogen) atoms. The van der Waals surface area contributed by atoms with Crippen LogP contribution in [0.1, 0.15) is 22.7 Å². The van der Waals surface area contributed by atoms with Crippen LogP contribution in [0.15, 0.2) is 48.8 Å². The first kappa shape index (κ1) is 13.3. The number of pyridine rings is 1. The number of hydrogen-bond donors (Lipinski definition) is 1. The van der Waals surface area contributed by atoms with Gasteiger partial charge in [0.2, 0.25) is 0 Å². The van der Waals surface area contributed by atoms with E-state index in [-0.39, 0.29) is 0 Å². The molecule has 0 aliphatic carbocycles. The molecule has 2 heterocycles. The number of nitrogens with zero attached hydrogens (tertiary/aromatic N) is 2. The number of nitrogens with one attached hydrogen (secondary N) is 1. The molecule has 0 saturated carbocycles. The molecule has 1 aliphatic rings. The smallest absolute Gasteiger partial charge is 0.0477 e. The van der Waals surface area contributed by atoms with Crippen molar-refractivity contribution in [3.8, 4) is 0 Å². The van der Waals surface area contributed by atoms with E-state index in [1.165, 1.54) is 16.7 Å².